The summed E-state index contributed by atoms with van der Waals surface area (Å²) >= 11 is 5.87. The quantitative estimate of drug-likeness (QED) is 0.444. The Balaban J connectivity index is 2.89. The number of rotatable bonds is 3. The van der Waals surface area contributed by atoms with Crippen molar-refractivity contribution < 1.29 is 0 Å². The molecule has 0 aliphatic carbocycles. The molecule has 1 rings (SSSR count). The Hall–Kier alpha value is -0.280. The first-order valence-corrected chi connectivity index (χ1v) is 5.67. The highest BCUT2D eigenvalue weighted by Crippen LogP contribution is 2.23. The first kappa shape index (κ1) is 9.81. The van der Waals surface area contributed by atoms with Crippen LogP contribution in [0.4, 0.5) is 5.69 Å². The molecule has 12 heavy (non-hydrogen) atoms. The zero-order chi connectivity index (χ0) is 8.97. The van der Waals surface area contributed by atoms with E-state index in [1.165, 1.54) is 5.56 Å². The van der Waals surface area contributed by atoms with Gasteiger partial charge in [-0.2, -0.15) is 12.6 Å². The van der Waals surface area contributed by atoms with Gasteiger partial charge in [-0.15, -0.1) is 11.8 Å². The van der Waals surface area contributed by atoms with Crippen molar-refractivity contribution in [2.24, 2.45) is 0 Å². The van der Waals surface area contributed by atoms with Crippen molar-refractivity contribution >= 4 is 30.1 Å². The van der Waals surface area contributed by atoms with Crippen molar-refractivity contribution in [1.82, 2.24) is 0 Å². The Morgan fingerprint density at radius 2 is 2.25 bits per heavy atom. The van der Waals surface area contributed by atoms with Gasteiger partial charge >= 0.3 is 0 Å². The molecule has 1 aromatic rings. The second-order valence-corrected chi connectivity index (χ2v) is 3.85. The molecule has 0 saturated carbocycles. The van der Waals surface area contributed by atoms with Crippen LogP contribution in [0.1, 0.15) is 5.56 Å². The number of benzene rings is 1. The Bertz CT molecular complexity index is 261. The molecule has 1 nitrogen and oxygen atoms in total. The molecule has 0 aromatic heterocycles. The smallest absolute Gasteiger partial charge is 0.0452 e. The summed E-state index contributed by atoms with van der Waals surface area (Å²) in [6.07, 6.45) is 3.05. The van der Waals surface area contributed by atoms with Crippen molar-refractivity contribution in [2.75, 3.05) is 17.7 Å². The van der Waals surface area contributed by atoms with Gasteiger partial charge in [0.05, 0.1) is 0 Å². The van der Waals surface area contributed by atoms with Gasteiger partial charge in [-0.3, -0.25) is 0 Å². The van der Waals surface area contributed by atoms with E-state index in [-0.39, 0.29) is 0 Å². The van der Waals surface area contributed by atoms with Crippen molar-refractivity contribution in [3.8, 4) is 0 Å². The van der Waals surface area contributed by atoms with Crippen molar-refractivity contribution in [3.63, 3.8) is 0 Å². The Labute approximate surface area is 83.1 Å². The molecule has 0 amide bonds. The number of thioether (sulfide) groups is 1. The predicted molar refractivity (Wildman–Crippen MR) is 60.2 cm³/mol. The lowest BCUT2D eigenvalue weighted by molar-refractivity contribution is 1.15. The van der Waals surface area contributed by atoms with Crippen molar-refractivity contribution in [1.29, 1.82) is 0 Å². The molecule has 0 aliphatic heterocycles. The van der Waals surface area contributed by atoms with E-state index in [9.17, 15) is 0 Å². The van der Waals surface area contributed by atoms with Gasteiger partial charge in [-0.1, -0.05) is 6.07 Å². The zero-order valence-corrected chi connectivity index (χ0v) is 8.79. The van der Waals surface area contributed by atoms with Crippen LogP contribution < -0.4 is 5.73 Å². The molecule has 0 unspecified atom stereocenters. The number of anilines is 1. The molecule has 1 aromatic carbocycles. The maximum atomic E-state index is 5.76. The van der Waals surface area contributed by atoms with Crippen LogP contribution in [0.3, 0.4) is 0 Å². The topological polar surface area (TPSA) is 26.0 Å². The summed E-state index contributed by atoms with van der Waals surface area (Å²) in [6, 6.07) is 6.16. The minimum Gasteiger partial charge on any atom is -0.398 e. The van der Waals surface area contributed by atoms with E-state index in [1.54, 1.807) is 11.8 Å². The van der Waals surface area contributed by atoms with Crippen LogP contribution in [0, 0.1) is 0 Å². The Kier molecular flexibility index (Phi) is 3.82. The van der Waals surface area contributed by atoms with E-state index in [2.05, 4.69) is 24.8 Å². The highest BCUT2D eigenvalue weighted by atomic mass is 32.2. The second kappa shape index (κ2) is 4.67. The van der Waals surface area contributed by atoms with Crippen LogP contribution in [0.25, 0.3) is 0 Å². The molecule has 2 N–H and O–H groups in total. The molecule has 0 bridgehead atoms. The van der Waals surface area contributed by atoms with E-state index in [1.807, 2.05) is 12.3 Å². The second-order valence-electron chi connectivity index (χ2n) is 2.55. The van der Waals surface area contributed by atoms with Gasteiger partial charge in [-0.05, 0) is 36.1 Å². The minimum atomic E-state index is 0.866. The molecular formula is C9H13NS2. The van der Waals surface area contributed by atoms with E-state index in [0.29, 0.717) is 0 Å². The SMILES string of the molecule is CSc1cc(CCS)ccc1N. The summed E-state index contributed by atoms with van der Waals surface area (Å²) in [6.45, 7) is 0. The van der Waals surface area contributed by atoms with E-state index in [0.717, 1.165) is 22.8 Å². The molecule has 0 spiro atoms. The first-order valence-electron chi connectivity index (χ1n) is 3.81. The lowest BCUT2D eigenvalue weighted by atomic mass is 10.1. The number of nitrogen functional groups attached to an aromatic ring is 1. The van der Waals surface area contributed by atoms with E-state index in [4.69, 9.17) is 5.73 Å². The van der Waals surface area contributed by atoms with Gasteiger partial charge < -0.3 is 5.73 Å². The number of thiol groups is 1. The average Bonchev–Trinajstić information content (AvgIpc) is 2.09. The number of nitrogens with two attached hydrogens (primary N) is 1. The van der Waals surface area contributed by atoms with Crippen LogP contribution >= 0.6 is 24.4 Å². The molecule has 0 fully saturated rings. The fourth-order valence-electron chi connectivity index (χ4n) is 1.04. The fraction of sp³-hybridized carbons (Fsp3) is 0.333. The zero-order valence-electron chi connectivity index (χ0n) is 7.08. The van der Waals surface area contributed by atoms with Crippen LogP contribution in [-0.2, 0) is 6.42 Å². The summed E-state index contributed by atoms with van der Waals surface area (Å²) in [5.74, 6) is 0.887. The van der Waals surface area contributed by atoms with E-state index < -0.39 is 0 Å². The van der Waals surface area contributed by atoms with Gasteiger partial charge in [0.15, 0.2) is 0 Å². The maximum absolute atomic E-state index is 5.76. The van der Waals surface area contributed by atoms with Crippen LogP contribution in [0.5, 0.6) is 0 Å². The third kappa shape index (κ3) is 2.35. The van der Waals surface area contributed by atoms with Crippen LogP contribution in [-0.4, -0.2) is 12.0 Å². The number of aryl methyl sites for hydroxylation is 1. The average molecular weight is 199 g/mol. The summed E-state index contributed by atoms with van der Waals surface area (Å²) in [7, 11) is 0. The number of hydrogen-bond donors (Lipinski definition) is 2. The Morgan fingerprint density at radius 3 is 2.83 bits per heavy atom. The lowest BCUT2D eigenvalue weighted by Gasteiger charge is -2.04. The summed E-state index contributed by atoms with van der Waals surface area (Å²) in [4.78, 5) is 1.16. The predicted octanol–water partition coefficient (Wildman–Crippen LogP) is 2.46. The monoisotopic (exact) mass is 199 g/mol. The summed E-state index contributed by atoms with van der Waals surface area (Å²) in [5.41, 5.74) is 7.93. The molecular weight excluding hydrogens is 186 g/mol. The Morgan fingerprint density at radius 1 is 1.50 bits per heavy atom. The molecule has 0 heterocycles. The van der Waals surface area contributed by atoms with Gasteiger partial charge in [0.1, 0.15) is 0 Å². The first-order chi connectivity index (χ1) is 5.77. The number of hydrogen-bond acceptors (Lipinski definition) is 3. The van der Waals surface area contributed by atoms with Crippen LogP contribution in [0.15, 0.2) is 23.1 Å². The highest BCUT2D eigenvalue weighted by molar-refractivity contribution is 7.98. The molecule has 0 saturated heterocycles. The minimum absolute atomic E-state index is 0.866. The lowest BCUT2D eigenvalue weighted by Crippen LogP contribution is -1.91. The summed E-state index contributed by atoms with van der Waals surface area (Å²) in [5, 5.41) is 0. The van der Waals surface area contributed by atoms with Gasteiger partial charge in [-0.25, -0.2) is 0 Å². The molecule has 0 atom stereocenters. The largest absolute Gasteiger partial charge is 0.398 e. The highest BCUT2D eigenvalue weighted by Gasteiger charge is 1.98. The normalized spacial score (nSPS) is 10.2. The van der Waals surface area contributed by atoms with Crippen LogP contribution in [0.2, 0.25) is 0 Å². The van der Waals surface area contributed by atoms with Gasteiger partial charge in [0, 0.05) is 10.6 Å². The standard InChI is InChI=1S/C9H13NS2/c1-12-9-6-7(4-5-11)2-3-8(9)10/h2-3,6,11H,4-5,10H2,1H3. The van der Waals surface area contributed by atoms with Gasteiger partial charge in [0.25, 0.3) is 0 Å². The maximum Gasteiger partial charge on any atom is 0.0452 e. The molecule has 0 aliphatic rings. The molecule has 0 radical (unpaired) electrons. The third-order valence-corrected chi connectivity index (χ3v) is 2.72. The van der Waals surface area contributed by atoms with E-state index >= 15 is 0 Å². The molecule has 3 heteroatoms. The van der Waals surface area contributed by atoms with Crippen molar-refractivity contribution in [3.05, 3.63) is 23.8 Å². The van der Waals surface area contributed by atoms with Gasteiger partial charge in [0.2, 0.25) is 0 Å². The fourth-order valence-corrected chi connectivity index (χ4v) is 1.87. The van der Waals surface area contributed by atoms with Crippen molar-refractivity contribution in [2.45, 2.75) is 11.3 Å². The molecule has 66 valence electrons. The third-order valence-electron chi connectivity index (χ3n) is 1.70. The summed E-state index contributed by atoms with van der Waals surface area (Å²) < 4.78 is 0.